The molecule has 0 radical (unpaired) electrons. The number of carbonyl (C=O) groups is 2. The molecule has 4 rings (SSSR count). The zero-order valence-corrected chi connectivity index (χ0v) is 18.1. The first-order valence-corrected chi connectivity index (χ1v) is 10.7. The quantitative estimate of drug-likeness (QED) is 0.740. The predicted octanol–water partition coefficient (Wildman–Crippen LogP) is 2.80. The molecule has 2 amide bonds. The van der Waals surface area contributed by atoms with Gasteiger partial charge in [-0.3, -0.25) is 9.59 Å². The zero-order valence-electron chi connectivity index (χ0n) is 18.1. The Balaban J connectivity index is 1.37. The maximum atomic E-state index is 13.2. The summed E-state index contributed by atoms with van der Waals surface area (Å²) >= 11 is 0. The van der Waals surface area contributed by atoms with Gasteiger partial charge in [-0.2, -0.15) is 0 Å². The highest BCUT2D eigenvalue weighted by Gasteiger charge is 2.37. The third-order valence-electron chi connectivity index (χ3n) is 6.10. The second kappa shape index (κ2) is 9.29. The lowest BCUT2D eigenvalue weighted by Gasteiger charge is -2.25. The van der Waals surface area contributed by atoms with Crippen molar-refractivity contribution < 1.29 is 19.1 Å². The molecule has 2 aliphatic rings. The Hall–Kier alpha value is -3.22. The van der Waals surface area contributed by atoms with Gasteiger partial charge in [0.2, 0.25) is 11.8 Å². The van der Waals surface area contributed by atoms with Crippen LogP contribution >= 0.6 is 0 Å². The summed E-state index contributed by atoms with van der Waals surface area (Å²) in [6, 6.07) is 15.4. The summed E-state index contributed by atoms with van der Waals surface area (Å²) in [6.07, 6.45) is 1.17. The normalized spacial score (nSPS) is 19.4. The zero-order chi connectivity index (χ0) is 21.8. The van der Waals surface area contributed by atoms with Crippen LogP contribution in [0.4, 0.5) is 11.4 Å². The number of anilines is 2. The van der Waals surface area contributed by atoms with Gasteiger partial charge in [0.1, 0.15) is 11.5 Å². The molecule has 0 N–H and O–H groups in total. The first-order valence-electron chi connectivity index (χ1n) is 10.7. The van der Waals surface area contributed by atoms with Crippen LogP contribution in [0.15, 0.2) is 48.5 Å². The van der Waals surface area contributed by atoms with E-state index in [4.69, 9.17) is 9.47 Å². The predicted molar refractivity (Wildman–Crippen MR) is 120 cm³/mol. The number of amides is 2. The maximum absolute atomic E-state index is 13.2. The van der Waals surface area contributed by atoms with E-state index in [1.54, 1.807) is 19.1 Å². The topological polar surface area (TPSA) is 62.3 Å². The van der Waals surface area contributed by atoms with E-state index >= 15 is 0 Å². The number of ether oxygens (including phenoxy) is 2. The Kier molecular flexibility index (Phi) is 6.30. The molecule has 2 aromatic rings. The van der Waals surface area contributed by atoms with Crippen molar-refractivity contribution in [2.75, 3.05) is 56.7 Å². The van der Waals surface area contributed by atoms with Gasteiger partial charge in [-0.15, -0.1) is 0 Å². The van der Waals surface area contributed by atoms with Crippen LogP contribution in [-0.2, 0) is 9.59 Å². The minimum absolute atomic E-state index is 0.00167. The molecule has 2 aromatic carbocycles. The van der Waals surface area contributed by atoms with E-state index in [0.717, 1.165) is 48.9 Å². The number of hydrogen-bond donors (Lipinski definition) is 0. The molecule has 0 aliphatic carbocycles. The molecule has 2 fully saturated rings. The smallest absolute Gasteiger partial charge is 0.228 e. The van der Waals surface area contributed by atoms with Crippen LogP contribution in [0, 0.1) is 5.92 Å². The molecular formula is C24H29N3O4. The molecule has 31 heavy (non-hydrogen) atoms. The van der Waals surface area contributed by atoms with Crippen molar-refractivity contribution in [3.8, 4) is 11.5 Å². The highest BCUT2D eigenvalue weighted by atomic mass is 16.5. The van der Waals surface area contributed by atoms with E-state index in [9.17, 15) is 9.59 Å². The summed E-state index contributed by atoms with van der Waals surface area (Å²) in [5.41, 5.74) is 1.94. The van der Waals surface area contributed by atoms with E-state index < -0.39 is 0 Å². The molecule has 2 heterocycles. The minimum Gasteiger partial charge on any atom is -0.497 e. The van der Waals surface area contributed by atoms with Crippen LogP contribution < -0.4 is 19.3 Å². The Bertz CT molecular complexity index is 913. The number of benzene rings is 2. The monoisotopic (exact) mass is 423 g/mol. The molecule has 2 saturated heterocycles. The SMILES string of the molecule is COc1ccc(N2CCCN(C(=O)C3CC(=O)N(c4ccc(OC)cc4)C3)CC2)cc1. The summed E-state index contributed by atoms with van der Waals surface area (Å²) in [5, 5.41) is 0. The summed E-state index contributed by atoms with van der Waals surface area (Å²) in [6.45, 7) is 3.50. The van der Waals surface area contributed by atoms with Crippen molar-refractivity contribution in [3.05, 3.63) is 48.5 Å². The van der Waals surface area contributed by atoms with Gasteiger partial charge >= 0.3 is 0 Å². The highest BCUT2D eigenvalue weighted by Crippen LogP contribution is 2.28. The van der Waals surface area contributed by atoms with E-state index in [2.05, 4.69) is 17.0 Å². The highest BCUT2D eigenvalue weighted by molar-refractivity contribution is 6.00. The first-order chi connectivity index (χ1) is 15.1. The second-order valence-corrected chi connectivity index (χ2v) is 7.97. The molecule has 164 valence electrons. The van der Waals surface area contributed by atoms with Gasteiger partial charge in [-0.05, 0) is 55.0 Å². The van der Waals surface area contributed by atoms with Crippen molar-refractivity contribution in [1.29, 1.82) is 0 Å². The fourth-order valence-electron chi connectivity index (χ4n) is 4.33. The number of hydrogen-bond acceptors (Lipinski definition) is 5. The second-order valence-electron chi connectivity index (χ2n) is 7.97. The number of methoxy groups -OCH3 is 2. The van der Waals surface area contributed by atoms with Crippen LogP contribution in [0.25, 0.3) is 0 Å². The van der Waals surface area contributed by atoms with Crippen LogP contribution in [0.3, 0.4) is 0 Å². The molecule has 7 nitrogen and oxygen atoms in total. The molecular weight excluding hydrogens is 394 g/mol. The van der Waals surface area contributed by atoms with Crippen molar-refractivity contribution >= 4 is 23.2 Å². The molecule has 0 saturated carbocycles. The van der Waals surface area contributed by atoms with Crippen molar-refractivity contribution in [3.63, 3.8) is 0 Å². The first kappa shape index (κ1) is 21.0. The van der Waals surface area contributed by atoms with E-state index in [1.807, 2.05) is 41.3 Å². The van der Waals surface area contributed by atoms with Crippen LogP contribution in [0.5, 0.6) is 11.5 Å². The van der Waals surface area contributed by atoms with E-state index in [0.29, 0.717) is 13.1 Å². The molecule has 1 atom stereocenters. The maximum Gasteiger partial charge on any atom is 0.228 e. The van der Waals surface area contributed by atoms with Gasteiger partial charge < -0.3 is 24.2 Å². The van der Waals surface area contributed by atoms with E-state index in [1.165, 1.54) is 0 Å². The Morgan fingerprint density at radius 3 is 2.06 bits per heavy atom. The standard InChI is InChI=1S/C24H29N3O4/c1-30-21-8-4-19(5-9-21)25-12-3-13-26(15-14-25)24(29)18-16-23(28)27(17-18)20-6-10-22(31-2)11-7-20/h4-11,18H,3,12-17H2,1-2H3. The summed E-state index contributed by atoms with van der Waals surface area (Å²) in [5.74, 6) is 1.37. The molecule has 7 heteroatoms. The summed E-state index contributed by atoms with van der Waals surface area (Å²) in [4.78, 5) is 31.7. The third-order valence-corrected chi connectivity index (χ3v) is 6.10. The van der Waals surface area contributed by atoms with Gasteiger partial charge in [-0.25, -0.2) is 0 Å². The van der Waals surface area contributed by atoms with Crippen molar-refractivity contribution in [2.24, 2.45) is 5.92 Å². The average molecular weight is 424 g/mol. The lowest BCUT2D eigenvalue weighted by molar-refractivity contribution is -0.135. The Labute approximate surface area is 183 Å². The molecule has 0 aromatic heterocycles. The number of rotatable bonds is 5. The van der Waals surface area contributed by atoms with Crippen molar-refractivity contribution in [2.45, 2.75) is 12.8 Å². The summed E-state index contributed by atoms with van der Waals surface area (Å²) in [7, 11) is 3.27. The van der Waals surface area contributed by atoms with Gasteiger partial charge in [-0.1, -0.05) is 0 Å². The van der Waals surface area contributed by atoms with Crippen LogP contribution in [0.2, 0.25) is 0 Å². The molecule has 2 aliphatic heterocycles. The van der Waals surface area contributed by atoms with Gasteiger partial charge in [0.25, 0.3) is 0 Å². The molecule has 1 unspecified atom stereocenters. The number of nitrogens with zero attached hydrogens (tertiary/aromatic N) is 3. The van der Waals surface area contributed by atoms with Gasteiger partial charge in [0, 0.05) is 50.5 Å². The van der Waals surface area contributed by atoms with Gasteiger partial charge in [0.05, 0.1) is 20.1 Å². The fraction of sp³-hybridized carbons (Fsp3) is 0.417. The van der Waals surface area contributed by atoms with Crippen LogP contribution in [-0.4, -0.2) is 63.7 Å². The third kappa shape index (κ3) is 4.60. The van der Waals surface area contributed by atoms with Gasteiger partial charge in [0.15, 0.2) is 0 Å². The fourth-order valence-corrected chi connectivity index (χ4v) is 4.33. The van der Waals surface area contributed by atoms with E-state index in [-0.39, 0.29) is 24.2 Å². The summed E-state index contributed by atoms with van der Waals surface area (Å²) < 4.78 is 10.4. The van der Waals surface area contributed by atoms with Crippen LogP contribution in [0.1, 0.15) is 12.8 Å². The van der Waals surface area contributed by atoms with Crippen molar-refractivity contribution in [1.82, 2.24) is 4.90 Å². The molecule has 0 spiro atoms. The Morgan fingerprint density at radius 1 is 0.839 bits per heavy atom. The minimum atomic E-state index is -0.290. The Morgan fingerprint density at radius 2 is 1.45 bits per heavy atom. The average Bonchev–Trinajstić information content (AvgIpc) is 3.04. The lowest BCUT2D eigenvalue weighted by atomic mass is 10.1. The lowest BCUT2D eigenvalue weighted by Crippen LogP contribution is -2.40. The molecule has 0 bridgehead atoms. The largest absolute Gasteiger partial charge is 0.497 e. The number of carbonyl (C=O) groups excluding carboxylic acids is 2.